The molecule has 0 heterocycles. The van der Waals surface area contributed by atoms with Crippen LogP contribution in [0, 0.1) is 23.3 Å². The van der Waals surface area contributed by atoms with E-state index >= 15 is 0 Å². The second kappa shape index (κ2) is 7.75. The van der Waals surface area contributed by atoms with Gasteiger partial charge in [-0.25, -0.2) is 17.6 Å². The van der Waals surface area contributed by atoms with Crippen molar-refractivity contribution in [1.82, 2.24) is 4.90 Å². The Labute approximate surface area is 145 Å². The molecule has 3 rings (SSSR count). The maximum absolute atomic E-state index is 14.2. The average Bonchev–Trinajstić information content (AvgIpc) is 2.65. The molecule has 0 radical (unpaired) electrons. The Morgan fingerprint density at radius 3 is 1.72 bits per heavy atom. The van der Waals surface area contributed by atoms with Crippen LogP contribution in [0.15, 0.2) is 6.07 Å². The van der Waals surface area contributed by atoms with Crippen molar-refractivity contribution in [2.75, 3.05) is 0 Å². The smallest absolute Gasteiger partial charge is 0.257 e. The van der Waals surface area contributed by atoms with Crippen LogP contribution in [-0.2, 0) is 0 Å². The molecular weight excluding hydrogens is 334 g/mol. The molecule has 2 aliphatic carbocycles. The van der Waals surface area contributed by atoms with Crippen LogP contribution in [0.25, 0.3) is 0 Å². The Hall–Kier alpha value is -1.59. The molecule has 1 amide bonds. The molecule has 0 aliphatic heterocycles. The Kier molecular flexibility index (Phi) is 5.64. The zero-order chi connectivity index (χ0) is 18.0. The molecule has 2 fully saturated rings. The van der Waals surface area contributed by atoms with Gasteiger partial charge in [-0.15, -0.1) is 0 Å². The van der Waals surface area contributed by atoms with Gasteiger partial charge in [0, 0.05) is 12.1 Å². The number of halogens is 4. The summed E-state index contributed by atoms with van der Waals surface area (Å²) in [5.74, 6) is -7.64. The summed E-state index contributed by atoms with van der Waals surface area (Å²) < 4.78 is 54.6. The van der Waals surface area contributed by atoms with Crippen LogP contribution in [0.5, 0.6) is 0 Å². The third-order valence-corrected chi connectivity index (χ3v) is 5.50. The molecule has 0 saturated heterocycles. The molecule has 0 spiro atoms. The fourth-order valence-corrected chi connectivity index (χ4v) is 4.22. The van der Waals surface area contributed by atoms with E-state index in [9.17, 15) is 22.4 Å². The summed E-state index contributed by atoms with van der Waals surface area (Å²) in [6, 6.07) is 0.411. The van der Waals surface area contributed by atoms with Crippen molar-refractivity contribution in [2.24, 2.45) is 0 Å². The molecule has 0 aromatic heterocycles. The van der Waals surface area contributed by atoms with Crippen LogP contribution in [0.1, 0.15) is 74.6 Å². The Balaban J connectivity index is 1.96. The van der Waals surface area contributed by atoms with Gasteiger partial charge in [0.2, 0.25) is 0 Å². The van der Waals surface area contributed by atoms with E-state index < -0.39 is 34.7 Å². The van der Waals surface area contributed by atoms with Crippen LogP contribution in [0.4, 0.5) is 17.6 Å². The third-order valence-electron chi connectivity index (χ3n) is 5.50. The van der Waals surface area contributed by atoms with Gasteiger partial charge >= 0.3 is 0 Å². The Morgan fingerprint density at radius 2 is 1.24 bits per heavy atom. The fraction of sp³-hybridized carbons (Fsp3) is 0.632. The van der Waals surface area contributed by atoms with Crippen molar-refractivity contribution in [3.8, 4) is 0 Å². The molecule has 2 saturated carbocycles. The highest BCUT2D eigenvalue weighted by molar-refractivity contribution is 5.95. The lowest BCUT2D eigenvalue weighted by atomic mass is 9.88. The predicted octanol–water partition coefficient (Wildman–Crippen LogP) is 5.35. The number of rotatable bonds is 3. The first-order valence-corrected chi connectivity index (χ1v) is 9.16. The van der Waals surface area contributed by atoms with Crippen LogP contribution in [0.3, 0.4) is 0 Å². The van der Waals surface area contributed by atoms with Crippen LogP contribution in [-0.4, -0.2) is 22.9 Å². The highest BCUT2D eigenvalue weighted by atomic mass is 19.2. The Morgan fingerprint density at radius 1 is 0.760 bits per heavy atom. The van der Waals surface area contributed by atoms with E-state index in [0.29, 0.717) is 6.07 Å². The van der Waals surface area contributed by atoms with E-state index in [-0.39, 0.29) is 12.1 Å². The normalized spacial score (nSPS) is 19.8. The highest BCUT2D eigenvalue weighted by Gasteiger charge is 2.35. The monoisotopic (exact) mass is 357 g/mol. The number of hydrogen-bond acceptors (Lipinski definition) is 1. The number of hydrogen-bond donors (Lipinski definition) is 0. The summed E-state index contributed by atoms with van der Waals surface area (Å²) in [5, 5.41) is 0. The van der Waals surface area contributed by atoms with E-state index in [1.54, 1.807) is 4.90 Å². The van der Waals surface area contributed by atoms with Gasteiger partial charge in [0.15, 0.2) is 23.3 Å². The molecule has 2 aliphatic rings. The summed E-state index contributed by atoms with van der Waals surface area (Å²) in [5.41, 5.74) is -0.701. The minimum absolute atomic E-state index is 0.0417. The Bertz CT molecular complexity index is 619. The quantitative estimate of drug-likeness (QED) is 0.406. The molecule has 0 atom stereocenters. The second-order valence-corrected chi connectivity index (χ2v) is 7.14. The maximum atomic E-state index is 14.2. The maximum Gasteiger partial charge on any atom is 0.257 e. The second-order valence-electron chi connectivity index (χ2n) is 7.14. The van der Waals surface area contributed by atoms with Crippen molar-refractivity contribution in [1.29, 1.82) is 0 Å². The van der Waals surface area contributed by atoms with Crippen LogP contribution >= 0.6 is 0 Å². The lowest BCUT2D eigenvalue weighted by Gasteiger charge is -2.42. The minimum atomic E-state index is -1.92. The topological polar surface area (TPSA) is 20.3 Å². The lowest BCUT2D eigenvalue weighted by molar-refractivity contribution is 0.0442. The first-order valence-electron chi connectivity index (χ1n) is 9.16. The van der Waals surface area contributed by atoms with Crippen molar-refractivity contribution >= 4 is 5.91 Å². The van der Waals surface area contributed by atoms with E-state index in [4.69, 9.17) is 0 Å². The average molecular weight is 357 g/mol. The molecule has 0 bridgehead atoms. The van der Waals surface area contributed by atoms with E-state index in [0.717, 1.165) is 64.2 Å². The summed E-state index contributed by atoms with van der Waals surface area (Å²) in [7, 11) is 0. The van der Waals surface area contributed by atoms with E-state index in [2.05, 4.69) is 0 Å². The van der Waals surface area contributed by atoms with Gasteiger partial charge in [0.1, 0.15) is 0 Å². The van der Waals surface area contributed by atoms with Crippen molar-refractivity contribution < 1.29 is 22.4 Å². The number of carbonyl (C=O) groups is 1. The summed E-state index contributed by atoms with van der Waals surface area (Å²) in [6.45, 7) is 0. The zero-order valence-corrected chi connectivity index (χ0v) is 14.2. The molecule has 0 N–H and O–H groups in total. The molecular formula is C19H23F4NO. The van der Waals surface area contributed by atoms with E-state index in [1.165, 1.54) is 0 Å². The third kappa shape index (κ3) is 3.67. The summed E-state index contributed by atoms with van der Waals surface area (Å²) in [6.07, 6.45) is 9.38. The molecule has 2 nitrogen and oxygen atoms in total. The molecule has 1 aromatic carbocycles. The molecule has 138 valence electrons. The van der Waals surface area contributed by atoms with Crippen molar-refractivity contribution in [2.45, 2.75) is 76.3 Å². The fourth-order valence-electron chi connectivity index (χ4n) is 4.22. The van der Waals surface area contributed by atoms with Crippen LogP contribution < -0.4 is 0 Å². The minimum Gasteiger partial charge on any atom is -0.333 e. The van der Waals surface area contributed by atoms with Gasteiger partial charge in [-0.3, -0.25) is 4.79 Å². The van der Waals surface area contributed by atoms with Gasteiger partial charge in [-0.2, -0.15) is 0 Å². The van der Waals surface area contributed by atoms with Gasteiger partial charge in [0.25, 0.3) is 5.91 Å². The summed E-state index contributed by atoms with van der Waals surface area (Å²) >= 11 is 0. The standard InChI is InChI=1S/C19H23F4NO/c20-15-11-14(16(21)18(23)17(15)22)19(25)24(12-7-3-1-4-8-12)13-9-5-2-6-10-13/h11-13H,1-10H2. The first-order chi connectivity index (χ1) is 12.0. The SMILES string of the molecule is O=C(c1cc(F)c(F)c(F)c1F)N(C1CCCCC1)C1CCCCC1. The molecule has 25 heavy (non-hydrogen) atoms. The molecule has 1 aromatic rings. The first kappa shape index (κ1) is 18.2. The van der Waals surface area contributed by atoms with Crippen molar-refractivity contribution in [3.05, 3.63) is 34.9 Å². The predicted molar refractivity (Wildman–Crippen MR) is 86.2 cm³/mol. The number of nitrogens with zero attached hydrogens (tertiary/aromatic N) is 1. The van der Waals surface area contributed by atoms with Gasteiger partial charge in [-0.05, 0) is 31.7 Å². The van der Waals surface area contributed by atoms with Crippen LogP contribution in [0.2, 0.25) is 0 Å². The lowest BCUT2D eigenvalue weighted by Crippen LogP contribution is -2.49. The van der Waals surface area contributed by atoms with E-state index in [1.807, 2.05) is 0 Å². The van der Waals surface area contributed by atoms with Gasteiger partial charge in [-0.1, -0.05) is 38.5 Å². The molecule has 6 heteroatoms. The number of amides is 1. The van der Waals surface area contributed by atoms with Crippen molar-refractivity contribution in [3.63, 3.8) is 0 Å². The number of benzene rings is 1. The van der Waals surface area contributed by atoms with Gasteiger partial charge in [0.05, 0.1) is 5.56 Å². The highest BCUT2D eigenvalue weighted by Crippen LogP contribution is 2.32. The molecule has 0 unspecified atom stereocenters. The zero-order valence-electron chi connectivity index (χ0n) is 14.2. The number of carbonyl (C=O) groups excluding carboxylic acids is 1. The largest absolute Gasteiger partial charge is 0.333 e. The van der Waals surface area contributed by atoms with Gasteiger partial charge < -0.3 is 4.90 Å². The summed E-state index contributed by atoms with van der Waals surface area (Å²) in [4.78, 5) is 14.7.